The number of carbonyl (C=O) groups is 2. The van der Waals surface area contributed by atoms with E-state index in [0.717, 1.165) is 52.6 Å². The topological polar surface area (TPSA) is 172 Å². The quantitative estimate of drug-likeness (QED) is 0.0422. The van der Waals surface area contributed by atoms with E-state index in [9.17, 15) is 44.0 Å². The summed E-state index contributed by atoms with van der Waals surface area (Å²) in [5.74, 6) is -1.70. The Labute approximate surface area is 395 Å². The third-order valence-corrected chi connectivity index (χ3v) is 17.9. The Morgan fingerprint density at radius 2 is 1.00 bits per heavy atom. The summed E-state index contributed by atoms with van der Waals surface area (Å²) in [6, 6.07) is 27.7. The number of hydrogen-bond acceptors (Lipinski definition) is 11. The molecule has 0 aromatic heterocycles. The van der Waals surface area contributed by atoms with Gasteiger partial charge in [-0.25, -0.2) is 39.9 Å². The number of esters is 1. The molecule has 18 heteroatoms. The van der Waals surface area contributed by atoms with E-state index in [-0.39, 0.29) is 87.5 Å². The Kier molecular flexibility index (Phi) is 18.7. The first kappa shape index (κ1) is 52.6. The van der Waals surface area contributed by atoms with E-state index in [0.29, 0.717) is 32.3 Å². The van der Waals surface area contributed by atoms with Gasteiger partial charge in [0.2, 0.25) is 12.9 Å². The van der Waals surface area contributed by atoms with Crippen molar-refractivity contribution in [2.75, 3.05) is 39.6 Å². The van der Waals surface area contributed by atoms with Gasteiger partial charge >= 0.3 is 5.97 Å². The lowest BCUT2D eigenvalue weighted by Crippen LogP contribution is -2.54. The van der Waals surface area contributed by atoms with Gasteiger partial charge in [0.25, 0.3) is 5.91 Å². The summed E-state index contributed by atoms with van der Waals surface area (Å²) < 4.78 is 122. The van der Waals surface area contributed by atoms with Gasteiger partial charge in [-0.3, -0.25) is 14.8 Å². The molecule has 0 radical (unpaired) electrons. The lowest BCUT2D eigenvalue weighted by molar-refractivity contribution is -0.155. The molecule has 12 nitrogen and oxygen atoms in total. The highest BCUT2D eigenvalue weighted by Gasteiger charge is 2.54. The second kappa shape index (κ2) is 24.2. The van der Waals surface area contributed by atoms with Gasteiger partial charge in [0.15, 0.2) is 29.2 Å². The number of alkyl halides is 4. The van der Waals surface area contributed by atoms with Crippen molar-refractivity contribution >= 4 is 31.6 Å². The zero-order chi connectivity index (χ0) is 48.8. The summed E-state index contributed by atoms with van der Waals surface area (Å²) >= 11 is 0. The van der Waals surface area contributed by atoms with E-state index in [2.05, 4.69) is 0 Å². The number of ether oxygens (including phenoxy) is 4. The van der Waals surface area contributed by atoms with Crippen LogP contribution in [0.2, 0.25) is 0 Å². The molecule has 2 N–H and O–H groups in total. The molecule has 1 unspecified atom stereocenters. The molecule has 0 aliphatic carbocycles. The molecule has 3 fully saturated rings. The summed E-state index contributed by atoms with van der Waals surface area (Å²) in [7, 11) is -8.13. The molecule has 1 amide bonds. The number of hydrogen-bond donors (Lipinski definition) is 2. The third-order valence-electron chi connectivity index (χ3n) is 12.9. The molecule has 7 rings (SSSR count). The lowest BCUT2D eigenvalue weighted by atomic mass is 9.98. The predicted molar refractivity (Wildman–Crippen MR) is 246 cm³/mol. The smallest absolute Gasteiger partial charge is 0.328 e. The summed E-state index contributed by atoms with van der Waals surface area (Å²) in [5, 5.41) is 9.12. The first-order chi connectivity index (χ1) is 32.6. The lowest BCUT2D eigenvalue weighted by Gasteiger charge is -2.35. The Morgan fingerprint density at radius 1 is 0.603 bits per heavy atom. The van der Waals surface area contributed by atoms with E-state index in [1.54, 1.807) is 24.3 Å². The fourth-order valence-electron chi connectivity index (χ4n) is 8.70. The van der Waals surface area contributed by atoms with Gasteiger partial charge in [-0.15, -0.1) is 0 Å². The van der Waals surface area contributed by atoms with Gasteiger partial charge in [0.05, 0.1) is 15.9 Å². The molecule has 0 spiro atoms. The van der Waals surface area contributed by atoms with Crippen molar-refractivity contribution in [2.24, 2.45) is 0 Å². The zero-order valence-electron chi connectivity index (χ0n) is 37.8. The number of hydroxylamine groups is 1. The second-order valence-electron chi connectivity index (χ2n) is 17.3. The second-order valence-corrected chi connectivity index (χ2v) is 21.8. The number of sulfone groups is 2. The van der Waals surface area contributed by atoms with Crippen molar-refractivity contribution in [3.8, 4) is 22.3 Å². The maximum absolute atomic E-state index is 13.8. The zero-order valence-corrected chi connectivity index (χ0v) is 39.4. The largest absolute Gasteiger partial charge is 0.462 e. The molecular weight excluding hydrogens is 931 g/mol. The van der Waals surface area contributed by atoms with Crippen LogP contribution in [0.4, 0.5) is 17.6 Å². The molecule has 4 aromatic carbocycles. The van der Waals surface area contributed by atoms with E-state index in [4.69, 9.17) is 24.2 Å². The minimum Gasteiger partial charge on any atom is -0.462 e. The summed E-state index contributed by atoms with van der Waals surface area (Å²) in [5.41, 5.74) is 6.77. The van der Waals surface area contributed by atoms with Crippen LogP contribution >= 0.6 is 0 Å². The van der Waals surface area contributed by atoms with Crippen LogP contribution in [0.5, 0.6) is 0 Å². The van der Waals surface area contributed by atoms with Gasteiger partial charge in [0, 0.05) is 58.7 Å². The molecule has 3 heterocycles. The number of benzene rings is 4. The molecule has 3 aliphatic rings. The first-order valence-electron chi connectivity index (χ1n) is 22.9. The van der Waals surface area contributed by atoms with E-state index >= 15 is 0 Å². The summed E-state index contributed by atoms with van der Waals surface area (Å²) in [6.45, 7) is 1.20. The fourth-order valence-corrected chi connectivity index (χ4v) is 12.6. The molecule has 4 aromatic rings. The SMILES string of the molecule is O=C(NO)C1(S(=O)(=O)c2ccc(-c3ccc(CCCC(F)F)cc3)cc2)CCOCC1.O=C(OCC1CCCCO1)C1(S(=O)(=O)c2ccc(-c3ccc(CCCC(F)F)cc3)cc2)CCOCC1. The van der Waals surface area contributed by atoms with Crippen LogP contribution in [-0.2, 0) is 61.1 Å². The Balaban J connectivity index is 0.000000228. The minimum atomic E-state index is -4.07. The molecule has 0 bridgehead atoms. The summed E-state index contributed by atoms with van der Waals surface area (Å²) in [6.07, 6.45) is -0.306. The number of amides is 1. The molecule has 1 atom stereocenters. The van der Waals surface area contributed by atoms with E-state index in [1.165, 1.54) is 29.7 Å². The number of aryl methyl sites for hydroxylation is 2. The highest BCUT2D eigenvalue weighted by molar-refractivity contribution is 7.94. The molecule has 3 aliphatic heterocycles. The molecule has 0 saturated carbocycles. The van der Waals surface area contributed by atoms with Crippen LogP contribution < -0.4 is 5.48 Å². The molecular formula is C50H59F4NO11S2. The fraction of sp³-hybridized carbons (Fsp3) is 0.480. The van der Waals surface area contributed by atoms with E-state index < -0.39 is 53.9 Å². The normalized spacial score (nSPS) is 18.3. The Hall–Kier alpha value is -4.72. The average Bonchev–Trinajstić information content (AvgIpc) is 3.36. The summed E-state index contributed by atoms with van der Waals surface area (Å²) in [4.78, 5) is 25.6. The number of nitrogens with one attached hydrogen (secondary N) is 1. The van der Waals surface area contributed by atoms with Crippen molar-refractivity contribution in [1.82, 2.24) is 5.48 Å². The standard InChI is InChI=1S/C28H34F2O6S.C22H25F2NO5S/c29-26(30)6-3-4-21-7-9-22(10-8-21)23-11-13-25(14-12-23)37(32,33)28(15-18-34-19-16-28)27(31)36-20-24-5-1-2-17-35-24;23-20(24)3-1-2-16-4-6-17(7-5-16)18-8-10-19(11-9-18)31(28,29)22(21(26)25-27)12-14-30-15-13-22/h7-14,24,26H,1-6,15-20H2;4-11,20,27H,1-3,12-15H2,(H,25,26). The van der Waals surface area contributed by atoms with Crippen LogP contribution in [0, 0.1) is 0 Å². The van der Waals surface area contributed by atoms with E-state index in [1.807, 2.05) is 48.5 Å². The van der Waals surface area contributed by atoms with Crippen molar-refractivity contribution in [1.29, 1.82) is 0 Å². The van der Waals surface area contributed by atoms with Gasteiger partial charge in [-0.1, -0.05) is 72.8 Å². The van der Waals surface area contributed by atoms with Crippen LogP contribution in [0.15, 0.2) is 107 Å². The van der Waals surface area contributed by atoms with Crippen molar-refractivity contribution in [3.63, 3.8) is 0 Å². The highest BCUT2D eigenvalue weighted by atomic mass is 32.2. The monoisotopic (exact) mass is 989 g/mol. The Bertz CT molecular complexity index is 2450. The van der Waals surface area contributed by atoms with Crippen molar-refractivity contribution in [2.45, 2.75) is 122 Å². The molecule has 370 valence electrons. The maximum atomic E-state index is 13.8. The van der Waals surface area contributed by atoms with Gasteiger partial charge in [-0.2, -0.15) is 0 Å². The van der Waals surface area contributed by atoms with Crippen LogP contribution in [0.25, 0.3) is 22.3 Å². The first-order valence-corrected chi connectivity index (χ1v) is 25.9. The van der Waals surface area contributed by atoms with Crippen molar-refractivity contribution < 1.29 is 68.1 Å². The Morgan fingerprint density at radius 3 is 1.38 bits per heavy atom. The van der Waals surface area contributed by atoms with Crippen molar-refractivity contribution in [3.05, 3.63) is 108 Å². The number of rotatable bonds is 18. The minimum absolute atomic E-state index is 0.00892. The van der Waals surface area contributed by atoms with Gasteiger partial charge in [-0.05, 0) is 115 Å². The number of halogens is 4. The van der Waals surface area contributed by atoms with Gasteiger partial charge < -0.3 is 18.9 Å². The van der Waals surface area contributed by atoms with Crippen LogP contribution in [-0.4, -0.2) is 102 Å². The van der Waals surface area contributed by atoms with Crippen LogP contribution in [0.1, 0.15) is 81.8 Å². The van der Waals surface area contributed by atoms with Gasteiger partial charge in [0.1, 0.15) is 6.61 Å². The van der Waals surface area contributed by atoms with Crippen LogP contribution in [0.3, 0.4) is 0 Å². The number of carbonyl (C=O) groups excluding carboxylic acids is 2. The average molecular weight is 990 g/mol. The molecule has 68 heavy (non-hydrogen) atoms. The molecule has 3 saturated heterocycles. The maximum Gasteiger partial charge on any atom is 0.328 e. The predicted octanol–water partition coefficient (Wildman–Crippen LogP) is 9.15. The third kappa shape index (κ3) is 12.7. The highest BCUT2D eigenvalue weighted by Crippen LogP contribution is 2.38.